The molecule has 0 aliphatic carbocycles. The molecule has 180 valence electrons. The number of anilines is 1. The minimum Gasteiger partial charge on any atom is -0.497 e. The quantitative estimate of drug-likeness (QED) is 0.517. The summed E-state index contributed by atoms with van der Waals surface area (Å²) in [5, 5.41) is 2.99. The second-order valence-corrected chi connectivity index (χ2v) is 9.92. The van der Waals surface area contributed by atoms with Gasteiger partial charge in [-0.2, -0.15) is 0 Å². The third-order valence-electron chi connectivity index (χ3n) is 5.17. The summed E-state index contributed by atoms with van der Waals surface area (Å²) < 4.78 is 31.0. The molecule has 0 bridgehead atoms. The molecule has 0 aromatic heterocycles. The van der Waals surface area contributed by atoms with Crippen LogP contribution in [0.15, 0.2) is 48.5 Å². The summed E-state index contributed by atoms with van der Waals surface area (Å²) in [6, 6.07) is 13.1. The minimum absolute atomic E-state index is 0.0735. The summed E-state index contributed by atoms with van der Waals surface area (Å²) in [7, 11) is -0.479. The standard InChI is InChI=1S/C23H30ClN3O5S/c1-17(23(29)25-2)26(16-18-10-12-21(32-3)13-11-18)22(28)9-6-14-27(33(4,30)31)20-8-5-7-19(24)15-20/h5,7-8,10-13,15,17H,6,9,14,16H2,1-4H3,(H,25,29)/t17-/m0/s1. The molecule has 33 heavy (non-hydrogen) atoms. The van der Waals surface area contributed by atoms with E-state index in [-0.39, 0.29) is 37.7 Å². The first-order valence-electron chi connectivity index (χ1n) is 10.4. The number of nitrogens with zero attached hydrogens (tertiary/aromatic N) is 2. The van der Waals surface area contributed by atoms with Gasteiger partial charge < -0.3 is 15.0 Å². The van der Waals surface area contributed by atoms with E-state index >= 15 is 0 Å². The van der Waals surface area contributed by atoms with Gasteiger partial charge in [-0.3, -0.25) is 13.9 Å². The van der Waals surface area contributed by atoms with Gasteiger partial charge in [-0.05, 0) is 49.2 Å². The second-order valence-electron chi connectivity index (χ2n) is 7.58. The number of amides is 2. The van der Waals surface area contributed by atoms with E-state index in [0.717, 1.165) is 11.8 Å². The Labute approximate surface area is 200 Å². The topological polar surface area (TPSA) is 96.0 Å². The molecule has 0 unspecified atom stereocenters. The van der Waals surface area contributed by atoms with Gasteiger partial charge in [-0.15, -0.1) is 0 Å². The molecule has 0 saturated carbocycles. The zero-order valence-electron chi connectivity index (χ0n) is 19.2. The minimum atomic E-state index is -3.57. The number of benzene rings is 2. The highest BCUT2D eigenvalue weighted by molar-refractivity contribution is 7.92. The highest BCUT2D eigenvalue weighted by Crippen LogP contribution is 2.23. The summed E-state index contributed by atoms with van der Waals surface area (Å²) in [6.45, 7) is 2.01. The lowest BCUT2D eigenvalue weighted by atomic mass is 10.1. The van der Waals surface area contributed by atoms with Crippen LogP contribution in [-0.2, 0) is 26.2 Å². The Morgan fingerprint density at radius 1 is 1.15 bits per heavy atom. The zero-order chi connectivity index (χ0) is 24.6. The molecule has 1 N–H and O–H groups in total. The maximum Gasteiger partial charge on any atom is 0.242 e. The van der Waals surface area contributed by atoms with Gasteiger partial charge in [0.05, 0.1) is 19.1 Å². The van der Waals surface area contributed by atoms with Gasteiger partial charge >= 0.3 is 0 Å². The first-order valence-corrected chi connectivity index (χ1v) is 12.7. The highest BCUT2D eigenvalue weighted by Gasteiger charge is 2.26. The van der Waals surface area contributed by atoms with Crippen LogP contribution in [0.5, 0.6) is 5.75 Å². The Balaban J connectivity index is 2.14. The molecule has 2 amide bonds. The van der Waals surface area contributed by atoms with Crippen molar-refractivity contribution in [1.82, 2.24) is 10.2 Å². The summed E-state index contributed by atoms with van der Waals surface area (Å²) in [5.41, 5.74) is 1.28. The SMILES string of the molecule is CNC(=O)[C@H](C)N(Cc1ccc(OC)cc1)C(=O)CCCN(c1cccc(Cl)c1)S(C)(=O)=O. The fraction of sp³-hybridized carbons (Fsp3) is 0.391. The molecule has 0 radical (unpaired) electrons. The average Bonchev–Trinajstić information content (AvgIpc) is 2.78. The Hall–Kier alpha value is -2.78. The molecular formula is C23H30ClN3O5S. The third-order valence-corrected chi connectivity index (χ3v) is 6.60. The number of methoxy groups -OCH3 is 1. The van der Waals surface area contributed by atoms with Gasteiger partial charge in [-0.25, -0.2) is 8.42 Å². The van der Waals surface area contributed by atoms with E-state index in [4.69, 9.17) is 16.3 Å². The van der Waals surface area contributed by atoms with Crippen LogP contribution in [-0.4, -0.2) is 58.1 Å². The molecule has 2 rings (SSSR count). The van der Waals surface area contributed by atoms with Gasteiger partial charge in [0, 0.05) is 31.6 Å². The summed E-state index contributed by atoms with van der Waals surface area (Å²) in [4.78, 5) is 26.8. The summed E-state index contributed by atoms with van der Waals surface area (Å²) >= 11 is 6.01. The van der Waals surface area contributed by atoms with Crippen molar-refractivity contribution in [3.05, 3.63) is 59.1 Å². The van der Waals surface area contributed by atoms with E-state index in [9.17, 15) is 18.0 Å². The molecule has 0 aliphatic rings. The van der Waals surface area contributed by atoms with Gasteiger partial charge in [-0.1, -0.05) is 29.8 Å². The summed E-state index contributed by atoms with van der Waals surface area (Å²) in [5.74, 6) is 0.160. The number of likely N-dealkylation sites (N-methyl/N-ethyl adjacent to an activating group) is 1. The molecule has 0 heterocycles. The normalized spacial score (nSPS) is 12.0. The largest absolute Gasteiger partial charge is 0.497 e. The van der Waals surface area contributed by atoms with Gasteiger partial charge in [0.2, 0.25) is 21.8 Å². The number of sulfonamides is 1. The number of halogens is 1. The Kier molecular flexibility index (Phi) is 9.55. The van der Waals surface area contributed by atoms with Crippen molar-refractivity contribution in [2.24, 2.45) is 0 Å². The lowest BCUT2D eigenvalue weighted by Crippen LogP contribution is -2.46. The van der Waals surface area contributed by atoms with Crippen LogP contribution in [0.4, 0.5) is 5.69 Å². The van der Waals surface area contributed by atoms with Gasteiger partial charge in [0.1, 0.15) is 11.8 Å². The van der Waals surface area contributed by atoms with Crippen molar-refractivity contribution in [1.29, 1.82) is 0 Å². The monoisotopic (exact) mass is 495 g/mol. The van der Waals surface area contributed by atoms with Crippen molar-refractivity contribution in [3.8, 4) is 5.75 Å². The predicted octanol–water partition coefficient (Wildman–Crippen LogP) is 3.06. The molecule has 10 heteroatoms. The van der Waals surface area contributed by atoms with Crippen LogP contribution in [0.25, 0.3) is 0 Å². The van der Waals surface area contributed by atoms with Crippen molar-refractivity contribution >= 4 is 39.1 Å². The number of nitrogens with one attached hydrogen (secondary N) is 1. The maximum absolute atomic E-state index is 13.1. The summed E-state index contributed by atoms with van der Waals surface area (Å²) in [6.07, 6.45) is 1.46. The van der Waals surface area contributed by atoms with E-state index in [2.05, 4.69) is 5.32 Å². The van der Waals surface area contributed by atoms with E-state index in [1.807, 2.05) is 12.1 Å². The van der Waals surface area contributed by atoms with E-state index in [1.165, 1.54) is 16.3 Å². The van der Waals surface area contributed by atoms with Crippen molar-refractivity contribution in [2.45, 2.75) is 32.4 Å². The van der Waals surface area contributed by atoms with Crippen LogP contribution in [0.3, 0.4) is 0 Å². The van der Waals surface area contributed by atoms with E-state index in [0.29, 0.717) is 16.5 Å². The molecule has 2 aromatic rings. The van der Waals surface area contributed by atoms with Crippen LogP contribution in [0.1, 0.15) is 25.3 Å². The second kappa shape index (κ2) is 11.9. The van der Waals surface area contributed by atoms with Crippen molar-refractivity contribution in [3.63, 3.8) is 0 Å². The highest BCUT2D eigenvalue weighted by atomic mass is 35.5. The number of rotatable bonds is 11. The smallest absolute Gasteiger partial charge is 0.242 e. The number of hydrogen-bond acceptors (Lipinski definition) is 5. The Morgan fingerprint density at radius 3 is 2.36 bits per heavy atom. The molecule has 0 fully saturated rings. The number of carbonyl (C=O) groups excluding carboxylic acids is 2. The number of carbonyl (C=O) groups is 2. The third kappa shape index (κ3) is 7.64. The molecule has 0 spiro atoms. The lowest BCUT2D eigenvalue weighted by Gasteiger charge is -2.29. The van der Waals surface area contributed by atoms with Crippen LogP contribution >= 0.6 is 11.6 Å². The first kappa shape index (κ1) is 26.5. The molecule has 0 saturated heterocycles. The fourth-order valence-corrected chi connectivity index (χ4v) is 4.50. The predicted molar refractivity (Wildman–Crippen MR) is 130 cm³/mol. The van der Waals surface area contributed by atoms with Crippen LogP contribution in [0.2, 0.25) is 5.02 Å². The van der Waals surface area contributed by atoms with Crippen molar-refractivity contribution in [2.75, 3.05) is 31.3 Å². The van der Waals surface area contributed by atoms with E-state index < -0.39 is 16.1 Å². The molecule has 2 aromatic carbocycles. The lowest BCUT2D eigenvalue weighted by molar-refractivity contribution is -0.140. The van der Waals surface area contributed by atoms with Gasteiger partial charge in [0.25, 0.3) is 0 Å². The Bertz CT molecular complexity index is 1060. The Morgan fingerprint density at radius 2 is 1.82 bits per heavy atom. The van der Waals surface area contributed by atoms with Gasteiger partial charge in [0.15, 0.2) is 0 Å². The van der Waals surface area contributed by atoms with Crippen LogP contribution < -0.4 is 14.4 Å². The van der Waals surface area contributed by atoms with Crippen molar-refractivity contribution < 1.29 is 22.7 Å². The van der Waals surface area contributed by atoms with E-state index in [1.54, 1.807) is 50.4 Å². The van der Waals surface area contributed by atoms with Crippen LogP contribution in [0, 0.1) is 0 Å². The zero-order valence-corrected chi connectivity index (χ0v) is 20.8. The first-order chi connectivity index (χ1) is 15.6. The number of ether oxygens (including phenoxy) is 1. The fourth-order valence-electron chi connectivity index (χ4n) is 3.35. The maximum atomic E-state index is 13.1. The number of hydrogen-bond donors (Lipinski definition) is 1. The molecule has 0 aliphatic heterocycles. The molecular weight excluding hydrogens is 466 g/mol. The molecule has 8 nitrogen and oxygen atoms in total. The average molecular weight is 496 g/mol. The molecule has 1 atom stereocenters.